The molecule has 0 amide bonds. The number of piperidine rings is 1. The van der Waals surface area contributed by atoms with Crippen LogP contribution in [0.2, 0.25) is 0 Å². The number of anilines is 2. The van der Waals surface area contributed by atoms with Crippen LogP contribution in [-0.4, -0.2) is 80.6 Å². The average molecular weight is 568 g/mol. The molecule has 0 aliphatic carbocycles. The van der Waals surface area contributed by atoms with Crippen molar-refractivity contribution in [3.05, 3.63) is 47.7 Å². The van der Waals surface area contributed by atoms with Gasteiger partial charge in [-0.1, -0.05) is 0 Å². The third-order valence-corrected chi connectivity index (χ3v) is 7.60. The van der Waals surface area contributed by atoms with Crippen LogP contribution < -0.4 is 19.8 Å². The zero-order valence-corrected chi connectivity index (χ0v) is 21.8. The number of nitrogens with zero attached hydrogens (tertiary/aromatic N) is 3. The second kappa shape index (κ2) is 11.0. The summed E-state index contributed by atoms with van der Waals surface area (Å²) in [4.78, 5) is 1.91. The quantitative estimate of drug-likeness (QED) is 0.271. The van der Waals surface area contributed by atoms with Gasteiger partial charge in [-0.05, 0) is 0 Å². The molecule has 0 saturated carbocycles. The minimum absolute atomic E-state index is 0.0551. The van der Waals surface area contributed by atoms with Crippen LogP contribution in [0.5, 0.6) is 5.75 Å². The van der Waals surface area contributed by atoms with Gasteiger partial charge in [-0.2, -0.15) is 0 Å². The van der Waals surface area contributed by atoms with Gasteiger partial charge in [-0.3, -0.25) is 0 Å². The fourth-order valence-electron chi connectivity index (χ4n) is 4.09. The Morgan fingerprint density at radius 2 is 2.06 bits per heavy atom. The summed E-state index contributed by atoms with van der Waals surface area (Å²) in [6.45, 7) is 3.16. The van der Waals surface area contributed by atoms with Crippen LogP contribution in [0.25, 0.3) is 5.52 Å². The molecule has 2 unspecified atom stereocenters. The molecule has 1 aliphatic heterocycles. The first kappa shape index (κ1) is 26.1. The van der Waals surface area contributed by atoms with Crippen molar-refractivity contribution in [3.63, 3.8) is 0 Å². The Morgan fingerprint density at radius 3 is 2.78 bits per heavy atom. The van der Waals surface area contributed by atoms with Gasteiger partial charge in [0.15, 0.2) is 0 Å². The molecule has 1 saturated heterocycles. The van der Waals surface area contributed by atoms with Crippen molar-refractivity contribution in [2.45, 2.75) is 30.6 Å². The van der Waals surface area contributed by atoms with Crippen LogP contribution >= 0.6 is 0 Å². The second-order valence-electron chi connectivity index (χ2n) is 8.61. The average Bonchev–Trinajstić information content (AvgIpc) is 3.15. The van der Waals surface area contributed by atoms with Crippen LogP contribution in [0, 0.1) is 18.8 Å². The van der Waals surface area contributed by atoms with E-state index in [1.54, 1.807) is 25.3 Å². The molecule has 2 N–H and O–H groups in total. The van der Waals surface area contributed by atoms with Gasteiger partial charge < -0.3 is 0 Å². The molecule has 0 spiro atoms. The molecular formula is C25H27F4N5OSe. The zero-order valence-electron chi connectivity index (χ0n) is 20.1. The summed E-state index contributed by atoms with van der Waals surface area (Å²) in [5.74, 6) is 6.79. The predicted octanol–water partition coefficient (Wildman–Crippen LogP) is 3.42. The van der Waals surface area contributed by atoms with E-state index in [-0.39, 0.29) is 16.7 Å². The standard InChI is InChI=1S/C25H27F4N5OSe/c1-16-9-10-22(35-3)20(14-16)30-12-5-6-19-24(36-25(27,28)29)21-7-4-8-23(34(21)32-19)31-18-11-13-33(2)15-17(18)26/h4,7-10,14,17-18,30-31H,11-13,15H2,1-3H3. The third-order valence-electron chi connectivity index (χ3n) is 5.84. The van der Waals surface area contributed by atoms with E-state index in [0.29, 0.717) is 30.0 Å². The molecule has 3 heterocycles. The number of hydrogen-bond donors (Lipinski definition) is 2. The number of pyridine rings is 1. The Balaban J connectivity index is 1.62. The topological polar surface area (TPSA) is 53.8 Å². The van der Waals surface area contributed by atoms with E-state index in [4.69, 9.17) is 4.74 Å². The van der Waals surface area contributed by atoms with Gasteiger partial charge >= 0.3 is 214 Å². The van der Waals surface area contributed by atoms with Crippen molar-refractivity contribution in [2.75, 3.05) is 44.4 Å². The van der Waals surface area contributed by atoms with E-state index >= 15 is 0 Å². The fourth-order valence-corrected chi connectivity index (χ4v) is 5.52. The van der Waals surface area contributed by atoms with Crippen LogP contribution in [0.1, 0.15) is 17.7 Å². The van der Waals surface area contributed by atoms with Crippen LogP contribution in [0.15, 0.2) is 36.4 Å². The number of aromatic nitrogens is 2. The first-order valence-corrected chi connectivity index (χ1v) is 13.1. The number of benzene rings is 1. The third kappa shape index (κ3) is 6.25. The number of aryl methyl sites for hydroxylation is 1. The van der Waals surface area contributed by atoms with Crippen LogP contribution in [-0.2, 0) is 0 Å². The SMILES string of the molecule is COc1ccc(C)cc1NCC#Cc1nn2c(NC3CCN(C)CC3F)cccc2c1[Se]C(F)(F)F. The number of alkyl halides is 4. The Bertz CT molecular complexity index is 1280. The van der Waals surface area contributed by atoms with Crippen molar-refractivity contribution in [1.82, 2.24) is 14.5 Å². The minimum atomic E-state index is -4.37. The van der Waals surface area contributed by atoms with E-state index in [9.17, 15) is 17.6 Å². The van der Waals surface area contributed by atoms with Crippen LogP contribution in [0.3, 0.4) is 0 Å². The van der Waals surface area contributed by atoms with Gasteiger partial charge in [-0.25, -0.2) is 0 Å². The molecule has 0 radical (unpaired) electrons. The van der Waals surface area contributed by atoms with Gasteiger partial charge in [0.1, 0.15) is 0 Å². The van der Waals surface area contributed by atoms with E-state index < -0.39 is 32.2 Å². The van der Waals surface area contributed by atoms with Gasteiger partial charge in [0.25, 0.3) is 0 Å². The molecule has 11 heteroatoms. The first-order chi connectivity index (χ1) is 17.1. The molecule has 2 atom stereocenters. The van der Waals surface area contributed by atoms with Crippen molar-refractivity contribution in [1.29, 1.82) is 0 Å². The summed E-state index contributed by atoms with van der Waals surface area (Å²) in [5.41, 5.74) is 2.16. The molecule has 1 aromatic carbocycles. The van der Waals surface area contributed by atoms with Crippen molar-refractivity contribution < 1.29 is 22.3 Å². The normalized spacial score (nSPS) is 18.5. The van der Waals surface area contributed by atoms with Gasteiger partial charge in [0.2, 0.25) is 0 Å². The van der Waals surface area contributed by atoms with E-state index in [2.05, 4.69) is 27.6 Å². The van der Waals surface area contributed by atoms with E-state index in [1.807, 2.05) is 37.1 Å². The Hall–Kier alpha value is -2.93. The Morgan fingerprint density at radius 1 is 1.25 bits per heavy atom. The molecule has 4 rings (SSSR count). The fraction of sp³-hybridized carbons (Fsp3) is 0.400. The number of hydrogen-bond acceptors (Lipinski definition) is 5. The number of methoxy groups -OCH3 is 1. The summed E-state index contributed by atoms with van der Waals surface area (Å²) >= 11 is -1.85. The number of nitrogens with one attached hydrogen (secondary N) is 2. The summed E-state index contributed by atoms with van der Waals surface area (Å²) in [5, 5.41) is 6.33. The number of likely N-dealkylation sites (tertiary alicyclic amines) is 1. The number of rotatable bonds is 6. The van der Waals surface area contributed by atoms with Crippen molar-refractivity contribution in [3.8, 4) is 17.6 Å². The molecule has 192 valence electrons. The molecule has 1 aliphatic rings. The monoisotopic (exact) mass is 569 g/mol. The summed E-state index contributed by atoms with van der Waals surface area (Å²) in [7, 11) is 3.42. The molecule has 3 aromatic rings. The van der Waals surface area contributed by atoms with E-state index in [0.717, 1.165) is 17.8 Å². The summed E-state index contributed by atoms with van der Waals surface area (Å²) in [6, 6.07) is 10.1. The molecule has 1 fully saturated rings. The number of ether oxygens (including phenoxy) is 1. The zero-order chi connectivity index (χ0) is 25.9. The first-order valence-electron chi connectivity index (χ1n) is 11.4. The summed E-state index contributed by atoms with van der Waals surface area (Å²) in [6.07, 6.45) is -0.521. The van der Waals surface area contributed by atoms with E-state index in [1.165, 1.54) is 4.52 Å². The number of fused-ring (bicyclic) bond motifs is 1. The molecule has 2 aromatic heterocycles. The molecule has 36 heavy (non-hydrogen) atoms. The maximum absolute atomic E-state index is 14.6. The van der Waals surface area contributed by atoms with Crippen molar-refractivity contribution in [2.24, 2.45) is 0 Å². The van der Waals surface area contributed by atoms with Gasteiger partial charge in [-0.15, -0.1) is 0 Å². The maximum atomic E-state index is 14.6. The van der Waals surface area contributed by atoms with Crippen LogP contribution in [0.4, 0.5) is 29.1 Å². The molecule has 6 nitrogen and oxygen atoms in total. The Labute approximate surface area is 213 Å². The Kier molecular flexibility index (Phi) is 7.98. The van der Waals surface area contributed by atoms with Gasteiger partial charge in [0, 0.05) is 0 Å². The number of halogens is 4. The van der Waals surface area contributed by atoms with Gasteiger partial charge in [0.05, 0.1) is 0 Å². The van der Waals surface area contributed by atoms with Crippen molar-refractivity contribution >= 4 is 36.4 Å². The molecule has 0 bridgehead atoms. The predicted molar refractivity (Wildman–Crippen MR) is 134 cm³/mol. The summed E-state index contributed by atoms with van der Waals surface area (Å²) < 4.78 is 61.8. The molecular weight excluding hydrogens is 541 g/mol. The second-order valence-corrected chi connectivity index (χ2v) is 10.9.